The average molecular weight is 227 g/mol. The highest BCUT2D eigenvalue weighted by molar-refractivity contribution is 7.09. The molecule has 0 aliphatic rings. The smallest absolute Gasteiger partial charge is 0.312 e. The number of ether oxygens (including phenoxy) is 1. The number of hydrogen-bond donors (Lipinski definition) is 0. The SMILES string of the molecule is CCOC(=O)Cc1nc(C(C)CC)cs1. The second-order valence-corrected chi connectivity index (χ2v) is 4.40. The van der Waals surface area contributed by atoms with Gasteiger partial charge in [-0.2, -0.15) is 0 Å². The van der Waals surface area contributed by atoms with Crippen LogP contribution in [0.3, 0.4) is 0 Å². The zero-order valence-electron chi connectivity index (χ0n) is 9.45. The lowest BCUT2D eigenvalue weighted by Gasteiger charge is -2.02. The number of hydrogen-bond acceptors (Lipinski definition) is 4. The first-order valence-corrected chi connectivity index (χ1v) is 6.15. The zero-order valence-corrected chi connectivity index (χ0v) is 10.3. The summed E-state index contributed by atoms with van der Waals surface area (Å²) >= 11 is 1.54. The van der Waals surface area contributed by atoms with Crippen molar-refractivity contribution >= 4 is 17.3 Å². The third-order valence-electron chi connectivity index (χ3n) is 2.29. The number of carbonyl (C=O) groups is 1. The molecule has 1 atom stereocenters. The van der Waals surface area contributed by atoms with Crippen molar-refractivity contribution in [1.82, 2.24) is 4.98 Å². The van der Waals surface area contributed by atoms with E-state index in [1.54, 1.807) is 0 Å². The van der Waals surface area contributed by atoms with E-state index in [0.717, 1.165) is 17.1 Å². The van der Waals surface area contributed by atoms with Crippen LogP contribution in [-0.2, 0) is 16.0 Å². The summed E-state index contributed by atoms with van der Waals surface area (Å²) in [5.74, 6) is 0.278. The highest BCUT2D eigenvalue weighted by Gasteiger charge is 2.11. The summed E-state index contributed by atoms with van der Waals surface area (Å²) in [6, 6.07) is 0. The van der Waals surface area contributed by atoms with Gasteiger partial charge in [0.1, 0.15) is 5.01 Å². The molecule has 15 heavy (non-hydrogen) atoms. The van der Waals surface area contributed by atoms with Gasteiger partial charge in [-0.3, -0.25) is 4.79 Å². The van der Waals surface area contributed by atoms with Crippen LogP contribution in [-0.4, -0.2) is 17.6 Å². The molecule has 0 fully saturated rings. The summed E-state index contributed by atoms with van der Waals surface area (Å²) in [4.78, 5) is 15.6. The quantitative estimate of drug-likeness (QED) is 0.726. The Morgan fingerprint density at radius 2 is 2.33 bits per heavy atom. The van der Waals surface area contributed by atoms with Gasteiger partial charge in [-0.1, -0.05) is 13.8 Å². The molecule has 0 saturated heterocycles. The second kappa shape index (κ2) is 5.85. The molecule has 0 spiro atoms. The minimum Gasteiger partial charge on any atom is -0.466 e. The highest BCUT2D eigenvalue weighted by Crippen LogP contribution is 2.21. The van der Waals surface area contributed by atoms with Crippen LogP contribution in [0.1, 0.15) is 43.8 Å². The number of thiazole rings is 1. The molecular formula is C11H17NO2S. The molecule has 4 heteroatoms. The molecule has 84 valence electrons. The largest absolute Gasteiger partial charge is 0.466 e. The monoisotopic (exact) mass is 227 g/mol. The average Bonchev–Trinajstić information content (AvgIpc) is 2.65. The van der Waals surface area contributed by atoms with Crippen molar-refractivity contribution in [2.45, 2.75) is 39.5 Å². The van der Waals surface area contributed by atoms with E-state index < -0.39 is 0 Å². The van der Waals surface area contributed by atoms with E-state index in [2.05, 4.69) is 18.8 Å². The Hall–Kier alpha value is -0.900. The predicted molar refractivity (Wildman–Crippen MR) is 61.2 cm³/mol. The van der Waals surface area contributed by atoms with Crippen LogP contribution in [0.2, 0.25) is 0 Å². The molecule has 0 N–H and O–H groups in total. The van der Waals surface area contributed by atoms with Crippen molar-refractivity contribution in [3.63, 3.8) is 0 Å². The van der Waals surface area contributed by atoms with E-state index in [1.807, 2.05) is 12.3 Å². The van der Waals surface area contributed by atoms with Gasteiger partial charge in [0, 0.05) is 5.38 Å². The van der Waals surface area contributed by atoms with Gasteiger partial charge < -0.3 is 4.74 Å². The summed E-state index contributed by atoms with van der Waals surface area (Å²) in [7, 11) is 0. The number of rotatable bonds is 5. The van der Waals surface area contributed by atoms with Crippen LogP contribution < -0.4 is 0 Å². The first kappa shape index (κ1) is 12.2. The molecule has 0 aliphatic heterocycles. The number of nitrogens with zero attached hydrogens (tertiary/aromatic N) is 1. The van der Waals surface area contributed by atoms with E-state index in [4.69, 9.17) is 4.74 Å². The third kappa shape index (κ3) is 3.63. The summed E-state index contributed by atoms with van der Waals surface area (Å²) in [6.45, 7) is 6.52. The first-order valence-electron chi connectivity index (χ1n) is 5.27. The fraction of sp³-hybridized carbons (Fsp3) is 0.636. The molecule has 0 aliphatic carbocycles. The number of esters is 1. The first-order chi connectivity index (χ1) is 7.17. The third-order valence-corrected chi connectivity index (χ3v) is 3.15. The van der Waals surface area contributed by atoms with Crippen LogP contribution in [0.15, 0.2) is 5.38 Å². The fourth-order valence-corrected chi connectivity index (χ4v) is 2.08. The molecular weight excluding hydrogens is 210 g/mol. The van der Waals surface area contributed by atoms with Crippen LogP contribution >= 0.6 is 11.3 Å². The van der Waals surface area contributed by atoms with Crippen molar-refractivity contribution in [2.75, 3.05) is 6.61 Å². The van der Waals surface area contributed by atoms with Gasteiger partial charge in [0.15, 0.2) is 0 Å². The van der Waals surface area contributed by atoms with Gasteiger partial charge in [-0.25, -0.2) is 4.98 Å². The second-order valence-electron chi connectivity index (χ2n) is 3.46. The van der Waals surface area contributed by atoms with E-state index in [9.17, 15) is 4.79 Å². The molecule has 3 nitrogen and oxygen atoms in total. The van der Waals surface area contributed by atoms with Gasteiger partial charge in [-0.05, 0) is 19.3 Å². The Bertz CT molecular complexity index is 322. The van der Waals surface area contributed by atoms with Crippen LogP contribution in [0.25, 0.3) is 0 Å². The van der Waals surface area contributed by atoms with E-state index in [0.29, 0.717) is 18.9 Å². The van der Waals surface area contributed by atoms with Gasteiger partial charge in [0.2, 0.25) is 0 Å². The highest BCUT2D eigenvalue weighted by atomic mass is 32.1. The molecule has 1 unspecified atom stereocenters. The Balaban J connectivity index is 2.56. The molecule has 0 amide bonds. The van der Waals surface area contributed by atoms with Crippen LogP contribution in [0.4, 0.5) is 0 Å². The van der Waals surface area contributed by atoms with Crippen molar-refractivity contribution in [3.8, 4) is 0 Å². The Morgan fingerprint density at radius 1 is 1.60 bits per heavy atom. The van der Waals surface area contributed by atoms with Gasteiger partial charge in [0.05, 0.1) is 18.7 Å². The molecule has 1 aromatic heterocycles. The minimum absolute atomic E-state index is 0.192. The summed E-state index contributed by atoms with van der Waals surface area (Å²) < 4.78 is 4.87. The zero-order chi connectivity index (χ0) is 11.3. The maximum Gasteiger partial charge on any atom is 0.312 e. The molecule has 0 saturated carbocycles. The standard InChI is InChI=1S/C11H17NO2S/c1-4-8(3)9-7-15-10(12-9)6-11(13)14-5-2/h7-8H,4-6H2,1-3H3. The lowest BCUT2D eigenvalue weighted by Crippen LogP contribution is -2.07. The van der Waals surface area contributed by atoms with Crippen molar-refractivity contribution in [2.24, 2.45) is 0 Å². The van der Waals surface area contributed by atoms with E-state index in [1.165, 1.54) is 11.3 Å². The molecule has 1 aromatic rings. The van der Waals surface area contributed by atoms with Crippen molar-refractivity contribution < 1.29 is 9.53 Å². The molecule has 0 bridgehead atoms. The van der Waals surface area contributed by atoms with Gasteiger partial charge >= 0.3 is 5.97 Å². The molecule has 0 aromatic carbocycles. The summed E-state index contributed by atoms with van der Waals surface area (Å²) in [5.41, 5.74) is 1.08. The van der Waals surface area contributed by atoms with E-state index in [-0.39, 0.29) is 5.97 Å². The lowest BCUT2D eigenvalue weighted by atomic mass is 10.1. The number of aromatic nitrogens is 1. The van der Waals surface area contributed by atoms with Gasteiger partial charge in [-0.15, -0.1) is 11.3 Å². The summed E-state index contributed by atoms with van der Waals surface area (Å²) in [5, 5.41) is 2.88. The van der Waals surface area contributed by atoms with Crippen LogP contribution in [0.5, 0.6) is 0 Å². The van der Waals surface area contributed by atoms with Crippen molar-refractivity contribution in [3.05, 3.63) is 16.1 Å². The molecule has 1 heterocycles. The van der Waals surface area contributed by atoms with Crippen LogP contribution in [0, 0.1) is 0 Å². The maximum absolute atomic E-state index is 11.2. The normalized spacial score (nSPS) is 12.5. The topological polar surface area (TPSA) is 39.2 Å². The molecule has 1 rings (SSSR count). The summed E-state index contributed by atoms with van der Waals surface area (Å²) in [6.07, 6.45) is 1.37. The van der Waals surface area contributed by atoms with Crippen molar-refractivity contribution in [1.29, 1.82) is 0 Å². The number of carbonyl (C=O) groups excluding carboxylic acids is 1. The Kier molecular flexibility index (Phi) is 4.75. The molecule has 0 radical (unpaired) electrons. The Labute approximate surface area is 94.5 Å². The Morgan fingerprint density at radius 3 is 2.93 bits per heavy atom. The lowest BCUT2D eigenvalue weighted by molar-refractivity contribution is -0.142. The van der Waals surface area contributed by atoms with Gasteiger partial charge in [0.25, 0.3) is 0 Å². The fourth-order valence-electron chi connectivity index (χ4n) is 1.18. The minimum atomic E-state index is -0.192. The maximum atomic E-state index is 11.2. The predicted octanol–water partition coefficient (Wildman–Crippen LogP) is 2.76. The van der Waals surface area contributed by atoms with E-state index >= 15 is 0 Å².